The summed E-state index contributed by atoms with van der Waals surface area (Å²) in [5.74, 6) is 0.348. The number of nitrogens with one attached hydrogen (secondary N) is 1. The van der Waals surface area contributed by atoms with Gasteiger partial charge in [0.05, 0.1) is 12.7 Å². The lowest BCUT2D eigenvalue weighted by molar-refractivity contribution is -0.00404. The van der Waals surface area contributed by atoms with Gasteiger partial charge in [-0.1, -0.05) is 20.4 Å². The summed E-state index contributed by atoms with van der Waals surface area (Å²) in [7, 11) is 2.04. The Hall–Kier alpha value is -1.73. The molecular formula is C21H38N4O3. The summed E-state index contributed by atoms with van der Waals surface area (Å²) in [6.07, 6.45) is 3.06. The summed E-state index contributed by atoms with van der Waals surface area (Å²) in [6, 6.07) is 0.282. The number of hydrogen-bond acceptors (Lipinski definition) is 6. The third-order valence-corrected chi connectivity index (χ3v) is 6.03. The quantitative estimate of drug-likeness (QED) is 0.556. The van der Waals surface area contributed by atoms with Gasteiger partial charge in [-0.2, -0.15) is 0 Å². The standard InChI is InChI=1S/C21H38N4O3/c1-14(2)24(18(6)26)10-8-9-19-12-28-21(27)25(19)17(5)15(3)16(4)20-11-23(7)13-22-20/h11,14-16,18-19,22,26H,5,8-10,12-13H2,1-4,6-7H3/t15-,16+,18+,19-/m0/s1. The number of allylic oxidation sites excluding steroid dienone is 2. The highest BCUT2D eigenvalue weighted by Gasteiger charge is 2.37. The van der Waals surface area contributed by atoms with Crippen LogP contribution in [0.3, 0.4) is 0 Å². The van der Waals surface area contributed by atoms with Crippen LogP contribution in [0, 0.1) is 11.8 Å². The van der Waals surface area contributed by atoms with Crippen LogP contribution in [0.5, 0.6) is 0 Å². The Kier molecular flexibility index (Phi) is 7.78. The molecule has 2 aliphatic rings. The highest BCUT2D eigenvalue weighted by molar-refractivity contribution is 5.72. The van der Waals surface area contributed by atoms with Crippen LogP contribution in [-0.2, 0) is 4.74 Å². The maximum atomic E-state index is 12.4. The fourth-order valence-corrected chi connectivity index (χ4v) is 4.01. The van der Waals surface area contributed by atoms with Crippen molar-refractivity contribution in [1.82, 2.24) is 20.0 Å². The molecule has 4 atom stereocenters. The molecular weight excluding hydrogens is 356 g/mol. The van der Waals surface area contributed by atoms with Crippen molar-refractivity contribution >= 4 is 6.09 Å². The Morgan fingerprint density at radius 2 is 2.07 bits per heavy atom. The largest absolute Gasteiger partial charge is 0.447 e. The van der Waals surface area contributed by atoms with Gasteiger partial charge in [0.25, 0.3) is 0 Å². The van der Waals surface area contributed by atoms with Crippen molar-refractivity contribution in [2.24, 2.45) is 11.8 Å². The van der Waals surface area contributed by atoms with Crippen molar-refractivity contribution in [3.8, 4) is 0 Å². The van der Waals surface area contributed by atoms with Gasteiger partial charge in [-0.05, 0) is 33.6 Å². The molecule has 1 saturated heterocycles. The molecule has 2 N–H and O–H groups in total. The molecule has 0 aromatic rings. The lowest BCUT2D eigenvalue weighted by Crippen LogP contribution is -2.40. The fourth-order valence-electron chi connectivity index (χ4n) is 4.01. The van der Waals surface area contributed by atoms with E-state index >= 15 is 0 Å². The molecule has 2 aliphatic heterocycles. The number of ether oxygens (including phenoxy) is 1. The van der Waals surface area contributed by atoms with Gasteiger partial charge in [0.1, 0.15) is 12.8 Å². The van der Waals surface area contributed by atoms with E-state index in [1.165, 1.54) is 5.70 Å². The molecule has 160 valence electrons. The van der Waals surface area contributed by atoms with Gasteiger partial charge in [0.2, 0.25) is 0 Å². The Bertz CT molecular complexity index is 582. The smallest absolute Gasteiger partial charge is 0.414 e. The molecule has 2 rings (SSSR count). The molecule has 0 unspecified atom stereocenters. The topological polar surface area (TPSA) is 68.3 Å². The van der Waals surface area contributed by atoms with E-state index in [1.54, 1.807) is 11.8 Å². The zero-order chi connectivity index (χ0) is 21.0. The maximum Gasteiger partial charge on any atom is 0.414 e. The van der Waals surface area contributed by atoms with E-state index in [1.807, 2.05) is 7.05 Å². The number of amides is 1. The lowest BCUT2D eigenvalue weighted by Gasteiger charge is -2.32. The van der Waals surface area contributed by atoms with Crippen LogP contribution in [0.4, 0.5) is 4.79 Å². The van der Waals surface area contributed by atoms with E-state index < -0.39 is 6.23 Å². The first-order valence-electron chi connectivity index (χ1n) is 10.4. The number of aliphatic hydroxyl groups is 1. The fraction of sp³-hybridized carbons (Fsp3) is 0.762. The summed E-state index contributed by atoms with van der Waals surface area (Å²) in [5.41, 5.74) is 1.98. The van der Waals surface area contributed by atoms with E-state index in [2.05, 4.69) is 55.6 Å². The van der Waals surface area contributed by atoms with Crippen molar-refractivity contribution in [1.29, 1.82) is 0 Å². The molecule has 7 nitrogen and oxygen atoms in total. The Balaban J connectivity index is 1.97. The van der Waals surface area contributed by atoms with Crippen molar-refractivity contribution in [2.75, 3.05) is 26.9 Å². The molecule has 1 amide bonds. The van der Waals surface area contributed by atoms with Crippen molar-refractivity contribution < 1.29 is 14.6 Å². The number of rotatable bonds is 10. The van der Waals surface area contributed by atoms with E-state index in [4.69, 9.17) is 4.74 Å². The number of carbonyl (C=O) groups excluding carboxylic acids is 1. The van der Waals surface area contributed by atoms with Crippen LogP contribution in [0.15, 0.2) is 24.2 Å². The normalized spacial score (nSPS) is 23.0. The molecule has 1 fully saturated rings. The SMILES string of the molecule is C=C([C@@H](C)[C@@H](C)C1=CN(C)CN1)N1C(=O)OC[C@@H]1CCCN(C(C)C)[C@@H](C)O. The summed E-state index contributed by atoms with van der Waals surface area (Å²) < 4.78 is 5.35. The summed E-state index contributed by atoms with van der Waals surface area (Å²) >= 11 is 0. The monoisotopic (exact) mass is 394 g/mol. The number of nitrogens with zero attached hydrogens (tertiary/aromatic N) is 3. The van der Waals surface area contributed by atoms with E-state index in [9.17, 15) is 9.90 Å². The van der Waals surface area contributed by atoms with Crippen LogP contribution >= 0.6 is 0 Å². The van der Waals surface area contributed by atoms with Crippen LogP contribution in [0.1, 0.15) is 47.5 Å². The number of hydrogen-bond donors (Lipinski definition) is 2. The first-order chi connectivity index (χ1) is 13.1. The maximum absolute atomic E-state index is 12.4. The predicted molar refractivity (Wildman–Crippen MR) is 111 cm³/mol. The van der Waals surface area contributed by atoms with Crippen LogP contribution in [0.25, 0.3) is 0 Å². The third kappa shape index (κ3) is 5.20. The molecule has 7 heteroatoms. The average molecular weight is 395 g/mol. The second kappa shape index (κ2) is 9.65. The van der Waals surface area contributed by atoms with Crippen LogP contribution < -0.4 is 5.32 Å². The highest BCUT2D eigenvalue weighted by Crippen LogP contribution is 2.32. The minimum absolute atomic E-state index is 0.00542. The second-order valence-corrected chi connectivity index (χ2v) is 8.45. The molecule has 2 heterocycles. The predicted octanol–water partition coefficient (Wildman–Crippen LogP) is 2.76. The summed E-state index contributed by atoms with van der Waals surface area (Å²) in [4.78, 5) is 18.3. The number of cyclic esters (lactones) is 1. The molecule has 0 aromatic carbocycles. The third-order valence-electron chi connectivity index (χ3n) is 6.03. The number of carbonyl (C=O) groups is 1. The van der Waals surface area contributed by atoms with Gasteiger partial charge in [0, 0.05) is 49.1 Å². The lowest BCUT2D eigenvalue weighted by atomic mass is 9.89. The Labute approximate surface area is 170 Å². The zero-order valence-corrected chi connectivity index (χ0v) is 18.3. The van der Waals surface area contributed by atoms with Gasteiger partial charge in [-0.25, -0.2) is 4.79 Å². The summed E-state index contributed by atoms with van der Waals surface area (Å²) in [5, 5.41) is 13.3. The molecule has 28 heavy (non-hydrogen) atoms. The van der Waals surface area contributed by atoms with Crippen molar-refractivity contribution in [2.45, 2.75) is 65.8 Å². The molecule has 0 aromatic heterocycles. The van der Waals surface area contributed by atoms with Crippen molar-refractivity contribution in [3.63, 3.8) is 0 Å². The van der Waals surface area contributed by atoms with Gasteiger partial charge >= 0.3 is 6.09 Å². The first kappa shape index (κ1) is 22.6. The Morgan fingerprint density at radius 1 is 1.39 bits per heavy atom. The van der Waals surface area contributed by atoms with E-state index in [0.29, 0.717) is 6.61 Å². The average Bonchev–Trinajstić information content (AvgIpc) is 3.22. The van der Waals surface area contributed by atoms with E-state index in [-0.39, 0.29) is 30.0 Å². The zero-order valence-electron chi connectivity index (χ0n) is 18.3. The van der Waals surface area contributed by atoms with Gasteiger partial charge < -0.3 is 20.1 Å². The van der Waals surface area contributed by atoms with Gasteiger partial charge in [0.15, 0.2) is 0 Å². The minimum atomic E-state index is -0.473. The second-order valence-electron chi connectivity index (χ2n) is 8.45. The van der Waals surface area contributed by atoms with Gasteiger partial charge in [-0.15, -0.1) is 0 Å². The van der Waals surface area contributed by atoms with Crippen molar-refractivity contribution in [3.05, 3.63) is 24.2 Å². The molecule has 0 saturated carbocycles. The van der Waals surface area contributed by atoms with E-state index in [0.717, 1.165) is 31.8 Å². The molecule has 0 aliphatic carbocycles. The van der Waals surface area contributed by atoms with Gasteiger partial charge in [-0.3, -0.25) is 9.80 Å². The minimum Gasteiger partial charge on any atom is -0.447 e. The molecule has 0 radical (unpaired) electrons. The molecule has 0 spiro atoms. The first-order valence-corrected chi connectivity index (χ1v) is 10.4. The number of aliphatic hydroxyl groups excluding tert-OH is 1. The summed E-state index contributed by atoms with van der Waals surface area (Å²) in [6.45, 7) is 16.5. The van der Waals surface area contributed by atoms with Crippen LogP contribution in [-0.4, -0.2) is 71.1 Å². The van der Waals surface area contributed by atoms with Crippen LogP contribution in [0.2, 0.25) is 0 Å². The Morgan fingerprint density at radius 3 is 2.61 bits per heavy atom. The molecule has 0 bridgehead atoms. The highest BCUT2D eigenvalue weighted by atomic mass is 16.6.